The van der Waals surface area contributed by atoms with Gasteiger partial charge in [-0.1, -0.05) is 5.16 Å². The first-order valence-electron chi connectivity index (χ1n) is 4.84. The smallest absolute Gasteiger partial charge is 0.259 e. The third-order valence-electron chi connectivity index (χ3n) is 2.13. The van der Waals surface area contributed by atoms with Crippen LogP contribution in [0, 0.1) is 6.92 Å². The zero-order chi connectivity index (χ0) is 12.3. The number of amides is 1. The molecule has 7 nitrogen and oxygen atoms in total. The Morgan fingerprint density at radius 3 is 2.94 bits per heavy atom. The average Bonchev–Trinajstić information content (AvgIpc) is 2.81. The molecule has 0 saturated heterocycles. The van der Waals surface area contributed by atoms with Gasteiger partial charge in [0.1, 0.15) is 12.0 Å². The van der Waals surface area contributed by atoms with Gasteiger partial charge < -0.3 is 15.3 Å². The molecular formula is C10H11N5O2. The number of aryl methyl sites for hydroxylation is 1. The van der Waals surface area contributed by atoms with Crippen LogP contribution in [0.3, 0.4) is 0 Å². The molecule has 88 valence electrons. The van der Waals surface area contributed by atoms with Crippen LogP contribution in [0.5, 0.6) is 0 Å². The maximum atomic E-state index is 11.9. The number of nitrogen functional groups attached to an aromatic ring is 1. The second kappa shape index (κ2) is 4.62. The van der Waals surface area contributed by atoms with Crippen molar-refractivity contribution < 1.29 is 9.32 Å². The van der Waals surface area contributed by atoms with Crippen LogP contribution < -0.4 is 16.6 Å². The Morgan fingerprint density at radius 2 is 2.29 bits per heavy atom. The van der Waals surface area contributed by atoms with Crippen LogP contribution in [0.4, 0.5) is 11.4 Å². The van der Waals surface area contributed by atoms with E-state index in [0.29, 0.717) is 16.9 Å². The molecule has 0 aromatic carbocycles. The van der Waals surface area contributed by atoms with Crippen molar-refractivity contribution in [2.75, 3.05) is 10.7 Å². The van der Waals surface area contributed by atoms with Crippen LogP contribution in [-0.2, 0) is 0 Å². The Bertz CT molecular complexity index is 523. The molecule has 2 aromatic heterocycles. The molecule has 0 fully saturated rings. The van der Waals surface area contributed by atoms with Gasteiger partial charge in [-0.3, -0.25) is 15.6 Å². The lowest BCUT2D eigenvalue weighted by Crippen LogP contribution is -2.17. The van der Waals surface area contributed by atoms with Gasteiger partial charge in [-0.15, -0.1) is 0 Å². The summed E-state index contributed by atoms with van der Waals surface area (Å²) in [7, 11) is 0. The highest BCUT2D eigenvalue weighted by Crippen LogP contribution is 2.16. The number of pyridine rings is 1. The Labute approximate surface area is 97.0 Å². The summed E-state index contributed by atoms with van der Waals surface area (Å²) >= 11 is 0. The van der Waals surface area contributed by atoms with Gasteiger partial charge >= 0.3 is 0 Å². The van der Waals surface area contributed by atoms with Gasteiger partial charge in [0.2, 0.25) is 0 Å². The van der Waals surface area contributed by atoms with Crippen molar-refractivity contribution in [3.05, 3.63) is 36.0 Å². The predicted octanol–water partition coefficient (Wildman–Crippen LogP) is 0.916. The monoisotopic (exact) mass is 233 g/mol. The summed E-state index contributed by atoms with van der Waals surface area (Å²) in [4.78, 5) is 15.9. The number of anilines is 2. The molecule has 1 amide bonds. The lowest BCUT2D eigenvalue weighted by Gasteiger charge is -2.08. The number of hydrazine groups is 1. The summed E-state index contributed by atoms with van der Waals surface area (Å²) in [6.45, 7) is 1.81. The molecule has 0 radical (unpaired) electrons. The van der Waals surface area contributed by atoms with E-state index < -0.39 is 0 Å². The van der Waals surface area contributed by atoms with Crippen molar-refractivity contribution in [2.45, 2.75) is 6.92 Å². The maximum absolute atomic E-state index is 11.9. The van der Waals surface area contributed by atoms with E-state index in [4.69, 9.17) is 5.84 Å². The molecule has 0 saturated carbocycles. The highest BCUT2D eigenvalue weighted by Gasteiger charge is 2.12. The van der Waals surface area contributed by atoms with Crippen molar-refractivity contribution in [3.63, 3.8) is 0 Å². The largest absolute Gasteiger partial charge is 0.363 e. The topological polar surface area (TPSA) is 106 Å². The molecule has 0 atom stereocenters. The molecule has 0 unspecified atom stereocenters. The minimum atomic E-state index is -0.339. The number of carbonyl (C=O) groups is 1. The molecule has 7 heteroatoms. The minimum absolute atomic E-state index is 0.339. The first-order chi connectivity index (χ1) is 8.20. The van der Waals surface area contributed by atoms with Crippen LogP contribution in [0.25, 0.3) is 0 Å². The Morgan fingerprint density at radius 1 is 1.47 bits per heavy atom. The zero-order valence-electron chi connectivity index (χ0n) is 9.10. The Balaban J connectivity index is 2.24. The first kappa shape index (κ1) is 11.1. The third-order valence-corrected chi connectivity index (χ3v) is 2.13. The minimum Gasteiger partial charge on any atom is -0.363 e. The van der Waals surface area contributed by atoms with E-state index in [2.05, 4.69) is 25.4 Å². The van der Waals surface area contributed by atoms with Gasteiger partial charge in [-0.25, -0.2) is 0 Å². The van der Waals surface area contributed by atoms with Crippen molar-refractivity contribution in [1.29, 1.82) is 0 Å². The quantitative estimate of drug-likeness (QED) is 0.537. The van der Waals surface area contributed by atoms with Gasteiger partial charge in [0.05, 0.1) is 17.4 Å². The summed E-state index contributed by atoms with van der Waals surface area (Å²) in [5, 5.41) is 6.08. The molecule has 17 heavy (non-hydrogen) atoms. The fourth-order valence-corrected chi connectivity index (χ4v) is 1.33. The van der Waals surface area contributed by atoms with E-state index in [-0.39, 0.29) is 5.91 Å². The Hall–Kier alpha value is -2.41. The number of hydrogen-bond acceptors (Lipinski definition) is 6. The molecule has 2 rings (SSSR count). The second-order valence-electron chi connectivity index (χ2n) is 3.38. The summed E-state index contributed by atoms with van der Waals surface area (Å²) < 4.78 is 4.61. The third kappa shape index (κ3) is 2.40. The maximum Gasteiger partial charge on any atom is 0.259 e. The average molecular weight is 233 g/mol. The standard InChI is InChI=1S/C10H11N5O2/c1-6-2-9(15-11)8(4-12-6)10(16)14-7-3-13-17-5-7/h2-5H,11H2,1H3,(H,12,15)(H,14,16). The molecule has 0 aliphatic heterocycles. The van der Waals surface area contributed by atoms with E-state index in [1.165, 1.54) is 18.7 Å². The lowest BCUT2D eigenvalue weighted by molar-refractivity contribution is 0.102. The predicted molar refractivity (Wildman–Crippen MR) is 61.2 cm³/mol. The molecular weight excluding hydrogens is 222 g/mol. The number of rotatable bonds is 3. The number of aromatic nitrogens is 2. The summed E-state index contributed by atoms with van der Waals surface area (Å²) in [5.74, 6) is 5.00. The number of hydrogen-bond donors (Lipinski definition) is 3. The van der Waals surface area contributed by atoms with Gasteiger partial charge in [-0.2, -0.15) is 0 Å². The fraction of sp³-hybridized carbons (Fsp3) is 0.100. The molecule has 0 spiro atoms. The van der Waals surface area contributed by atoms with E-state index in [0.717, 1.165) is 5.69 Å². The van der Waals surface area contributed by atoms with E-state index in [1.54, 1.807) is 6.07 Å². The van der Waals surface area contributed by atoms with Crippen LogP contribution in [0.15, 0.2) is 29.2 Å². The van der Waals surface area contributed by atoms with Crippen LogP contribution in [-0.4, -0.2) is 16.0 Å². The highest BCUT2D eigenvalue weighted by atomic mass is 16.5. The summed E-state index contributed by atoms with van der Waals surface area (Å²) in [6.07, 6.45) is 4.18. The van der Waals surface area contributed by atoms with Crippen LogP contribution >= 0.6 is 0 Å². The number of nitrogens with two attached hydrogens (primary N) is 1. The summed E-state index contributed by atoms with van der Waals surface area (Å²) in [5.41, 5.74) is 4.54. The van der Waals surface area contributed by atoms with E-state index >= 15 is 0 Å². The van der Waals surface area contributed by atoms with Gasteiger partial charge in [0.15, 0.2) is 0 Å². The second-order valence-corrected chi connectivity index (χ2v) is 3.38. The first-order valence-corrected chi connectivity index (χ1v) is 4.84. The summed E-state index contributed by atoms with van der Waals surface area (Å²) in [6, 6.07) is 1.68. The van der Waals surface area contributed by atoms with Crippen LogP contribution in [0.2, 0.25) is 0 Å². The molecule has 2 aromatic rings. The highest BCUT2D eigenvalue weighted by molar-refractivity contribution is 6.07. The zero-order valence-corrected chi connectivity index (χ0v) is 9.10. The van der Waals surface area contributed by atoms with E-state index in [9.17, 15) is 4.79 Å². The Kier molecular flexibility index (Phi) is 3.01. The lowest BCUT2D eigenvalue weighted by atomic mass is 10.2. The van der Waals surface area contributed by atoms with Gasteiger partial charge in [-0.05, 0) is 13.0 Å². The number of carbonyl (C=O) groups excluding carboxylic acids is 1. The molecule has 0 aliphatic carbocycles. The van der Waals surface area contributed by atoms with Gasteiger partial charge in [0.25, 0.3) is 5.91 Å². The van der Waals surface area contributed by atoms with Crippen LogP contribution in [0.1, 0.15) is 16.1 Å². The van der Waals surface area contributed by atoms with Crippen molar-refractivity contribution in [3.8, 4) is 0 Å². The molecule has 0 aliphatic rings. The van der Waals surface area contributed by atoms with Crippen molar-refractivity contribution in [1.82, 2.24) is 10.1 Å². The number of nitrogens with one attached hydrogen (secondary N) is 2. The number of nitrogens with zero attached hydrogens (tertiary/aromatic N) is 2. The molecule has 2 heterocycles. The fourth-order valence-electron chi connectivity index (χ4n) is 1.33. The normalized spacial score (nSPS) is 10.0. The van der Waals surface area contributed by atoms with Crippen molar-refractivity contribution >= 4 is 17.3 Å². The van der Waals surface area contributed by atoms with Crippen molar-refractivity contribution in [2.24, 2.45) is 5.84 Å². The van der Waals surface area contributed by atoms with E-state index in [1.807, 2.05) is 6.92 Å². The molecule has 0 bridgehead atoms. The molecule has 4 N–H and O–H groups in total. The van der Waals surface area contributed by atoms with Gasteiger partial charge in [0, 0.05) is 11.9 Å². The SMILES string of the molecule is Cc1cc(NN)c(C(=O)Nc2cnoc2)cn1.